The van der Waals surface area contributed by atoms with Gasteiger partial charge in [-0.15, -0.1) is 0 Å². The van der Waals surface area contributed by atoms with Crippen LogP contribution in [0.25, 0.3) is 11.1 Å². The third-order valence-electron chi connectivity index (χ3n) is 5.55. The second kappa shape index (κ2) is 6.49. The van der Waals surface area contributed by atoms with E-state index in [2.05, 4.69) is 29.2 Å². The minimum Gasteiger partial charge on any atom is -0.310 e. The molecule has 0 atom stereocenters. The highest BCUT2D eigenvalue weighted by molar-refractivity contribution is 5.92. The molecular formula is C20H25FN4O. The summed E-state index contributed by atoms with van der Waals surface area (Å²) in [7, 11) is 0. The average Bonchev–Trinajstić information content (AvgIpc) is 3.12. The third kappa shape index (κ3) is 3.24. The Labute approximate surface area is 153 Å². The highest BCUT2D eigenvalue weighted by atomic mass is 19.1. The van der Waals surface area contributed by atoms with Crippen molar-refractivity contribution in [1.29, 1.82) is 0 Å². The molecule has 26 heavy (non-hydrogen) atoms. The number of nitrogens with one attached hydrogen (secondary N) is 1. The number of hydrogen-bond acceptors (Lipinski definition) is 3. The van der Waals surface area contributed by atoms with Crippen LogP contribution in [0.1, 0.15) is 51.6 Å². The van der Waals surface area contributed by atoms with Gasteiger partial charge in [0.1, 0.15) is 11.6 Å². The van der Waals surface area contributed by atoms with Crippen molar-refractivity contribution < 1.29 is 9.18 Å². The Morgan fingerprint density at radius 1 is 1.23 bits per heavy atom. The van der Waals surface area contributed by atoms with Crippen LogP contribution in [0, 0.1) is 17.2 Å². The SMILES string of the molecule is CC1(C)Cc2c(-c3cc(NC(=O)C4CCCCC4)ncc3F)cnn2C1. The molecule has 1 aliphatic heterocycles. The number of pyridine rings is 1. The van der Waals surface area contributed by atoms with E-state index >= 15 is 0 Å². The minimum absolute atomic E-state index is 0.00359. The van der Waals surface area contributed by atoms with Crippen molar-refractivity contribution >= 4 is 11.7 Å². The first-order valence-electron chi connectivity index (χ1n) is 9.44. The molecule has 0 radical (unpaired) electrons. The van der Waals surface area contributed by atoms with Crippen LogP contribution in [-0.4, -0.2) is 20.7 Å². The van der Waals surface area contributed by atoms with E-state index in [9.17, 15) is 9.18 Å². The zero-order valence-corrected chi connectivity index (χ0v) is 15.4. The number of anilines is 1. The molecule has 0 aromatic carbocycles. The lowest BCUT2D eigenvalue weighted by molar-refractivity contribution is -0.120. The Morgan fingerprint density at radius 2 is 2.00 bits per heavy atom. The highest BCUT2D eigenvalue weighted by Crippen LogP contribution is 2.38. The van der Waals surface area contributed by atoms with Gasteiger partial charge in [0.15, 0.2) is 0 Å². The third-order valence-corrected chi connectivity index (χ3v) is 5.55. The zero-order valence-electron chi connectivity index (χ0n) is 15.4. The zero-order chi connectivity index (χ0) is 18.3. The van der Waals surface area contributed by atoms with Crippen molar-refractivity contribution in [1.82, 2.24) is 14.8 Å². The van der Waals surface area contributed by atoms with Crippen LogP contribution in [-0.2, 0) is 17.8 Å². The first-order chi connectivity index (χ1) is 12.4. The molecule has 2 aliphatic rings. The van der Waals surface area contributed by atoms with E-state index in [1.54, 1.807) is 12.3 Å². The second-order valence-corrected chi connectivity index (χ2v) is 8.38. The molecule has 6 heteroatoms. The van der Waals surface area contributed by atoms with Crippen molar-refractivity contribution in [3.63, 3.8) is 0 Å². The topological polar surface area (TPSA) is 59.8 Å². The number of fused-ring (bicyclic) bond motifs is 1. The summed E-state index contributed by atoms with van der Waals surface area (Å²) in [5, 5.41) is 7.30. The lowest BCUT2D eigenvalue weighted by Crippen LogP contribution is -2.25. The van der Waals surface area contributed by atoms with Crippen LogP contribution in [0.3, 0.4) is 0 Å². The lowest BCUT2D eigenvalue weighted by atomic mass is 9.88. The van der Waals surface area contributed by atoms with Gasteiger partial charge < -0.3 is 5.32 Å². The Bertz CT molecular complexity index is 836. The number of carbonyl (C=O) groups excluding carboxylic acids is 1. The average molecular weight is 356 g/mol. The number of aromatic nitrogens is 3. The fraction of sp³-hybridized carbons (Fsp3) is 0.550. The van der Waals surface area contributed by atoms with Crippen LogP contribution in [0.5, 0.6) is 0 Å². The van der Waals surface area contributed by atoms with Crippen LogP contribution in [0.2, 0.25) is 0 Å². The molecule has 3 heterocycles. The lowest BCUT2D eigenvalue weighted by Gasteiger charge is -2.20. The monoisotopic (exact) mass is 356 g/mol. The summed E-state index contributed by atoms with van der Waals surface area (Å²) in [6.45, 7) is 5.20. The number of rotatable bonds is 3. The fourth-order valence-electron chi connectivity index (χ4n) is 4.18. The maximum atomic E-state index is 14.5. The molecule has 0 spiro atoms. The summed E-state index contributed by atoms with van der Waals surface area (Å²) in [4.78, 5) is 16.5. The first-order valence-corrected chi connectivity index (χ1v) is 9.44. The van der Waals surface area contributed by atoms with Crippen molar-refractivity contribution in [2.24, 2.45) is 11.3 Å². The van der Waals surface area contributed by atoms with Crippen LogP contribution in [0.4, 0.5) is 10.2 Å². The van der Waals surface area contributed by atoms with Crippen molar-refractivity contribution in [2.75, 3.05) is 5.32 Å². The standard InChI is InChI=1S/C20H25FN4O/c1-20(2)9-17-15(10-23-25(17)12-20)14-8-18(22-11-16(14)21)24-19(26)13-6-4-3-5-7-13/h8,10-11,13H,3-7,9,12H2,1-2H3,(H,22,24,26). The van der Waals surface area contributed by atoms with Crippen LogP contribution >= 0.6 is 0 Å². The molecule has 4 rings (SSSR count). The van der Waals surface area contributed by atoms with Crippen LogP contribution in [0.15, 0.2) is 18.5 Å². The van der Waals surface area contributed by atoms with Crippen LogP contribution < -0.4 is 5.32 Å². The molecule has 0 saturated heterocycles. The highest BCUT2D eigenvalue weighted by Gasteiger charge is 2.32. The molecule has 1 amide bonds. The maximum absolute atomic E-state index is 14.5. The van der Waals surface area contributed by atoms with Gasteiger partial charge in [0.05, 0.1) is 12.4 Å². The molecule has 1 aliphatic carbocycles. The van der Waals surface area contributed by atoms with Crippen molar-refractivity contribution in [2.45, 2.75) is 58.9 Å². The largest absolute Gasteiger partial charge is 0.310 e. The molecule has 138 valence electrons. The van der Waals surface area contributed by atoms with Crippen molar-refractivity contribution in [3.8, 4) is 11.1 Å². The quantitative estimate of drug-likeness (QED) is 0.897. The predicted octanol–water partition coefficient (Wildman–Crippen LogP) is 4.19. The minimum atomic E-state index is -0.388. The molecule has 1 N–H and O–H groups in total. The normalized spacial score (nSPS) is 19.3. The number of carbonyl (C=O) groups is 1. The number of amides is 1. The Morgan fingerprint density at radius 3 is 2.77 bits per heavy atom. The van der Waals surface area contributed by atoms with Gasteiger partial charge in [0.2, 0.25) is 5.91 Å². The number of halogens is 1. The van der Waals surface area contributed by atoms with Gasteiger partial charge in [-0.25, -0.2) is 9.37 Å². The summed E-state index contributed by atoms with van der Waals surface area (Å²) in [6.07, 6.45) is 9.00. The second-order valence-electron chi connectivity index (χ2n) is 8.38. The number of hydrogen-bond donors (Lipinski definition) is 1. The summed E-state index contributed by atoms with van der Waals surface area (Å²) < 4.78 is 16.4. The summed E-state index contributed by atoms with van der Waals surface area (Å²) in [5.74, 6) is 0.0618. The number of nitrogens with zero attached hydrogens (tertiary/aromatic N) is 3. The van der Waals surface area contributed by atoms with Gasteiger partial charge >= 0.3 is 0 Å². The van der Waals surface area contributed by atoms with E-state index in [0.29, 0.717) is 11.4 Å². The van der Waals surface area contributed by atoms with E-state index in [1.807, 2.05) is 4.68 Å². The van der Waals surface area contributed by atoms with E-state index in [0.717, 1.165) is 49.9 Å². The molecule has 2 aromatic heterocycles. The summed E-state index contributed by atoms with van der Waals surface area (Å²) >= 11 is 0. The molecular weight excluding hydrogens is 331 g/mol. The maximum Gasteiger partial charge on any atom is 0.228 e. The fourth-order valence-corrected chi connectivity index (χ4v) is 4.18. The van der Waals surface area contributed by atoms with Gasteiger partial charge in [-0.3, -0.25) is 9.48 Å². The Balaban J connectivity index is 1.59. The van der Waals surface area contributed by atoms with E-state index in [1.165, 1.54) is 12.6 Å². The van der Waals surface area contributed by atoms with E-state index in [-0.39, 0.29) is 23.1 Å². The first kappa shape index (κ1) is 17.2. The molecule has 0 unspecified atom stereocenters. The van der Waals surface area contributed by atoms with Crippen molar-refractivity contribution in [3.05, 3.63) is 30.0 Å². The smallest absolute Gasteiger partial charge is 0.228 e. The van der Waals surface area contributed by atoms with Gasteiger partial charge in [-0.2, -0.15) is 5.10 Å². The molecule has 1 saturated carbocycles. The van der Waals surface area contributed by atoms with E-state index in [4.69, 9.17) is 0 Å². The predicted molar refractivity (Wildman–Crippen MR) is 98.1 cm³/mol. The van der Waals surface area contributed by atoms with Gasteiger partial charge in [-0.1, -0.05) is 33.1 Å². The van der Waals surface area contributed by atoms with Gasteiger partial charge in [0.25, 0.3) is 0 Å². The van der Waals surface area contributed by atoms with Gasteiger partial charge in [0, 0.05) is 29.3 Å². The van der Waals surface area contributed by atoms with E-state index < -0.39 is 0 Å². The summed E-state index contributed by atoms with van der Waals surface area (Å²) in [5.41, 5.74) is 2.42. The summed E-state index contributed by atoms with van der Waals surface area (Å²) in [6, 6.07) is 1.64. The Kier molecular flexibility index (Phi) is 4.29. The Hall–Kier alpha value is -2.24. The molecule has 2 aromatic rings. The van der Waals surface area contributed by atoms with Gasteiger partial charge in [-0.05, 0) is 30.7 Å². The molecule has 5 nitrogen and oxygen atoms in total. The molecule has 0 bridgehead atoms. The molecule has 1 fully saturated rings.